The molecule has 2 fully saturated rings. The van der Waals surface area contributed by atoms with Crippen LogP contribution in [0.5, 0.6) is 0 Å². The number of benzene rings is 1. The third-order valence-corrected chi connectivity index (χ3v) is 5.73. The van der Waals surface area contributed by atoms with Gasteiger partial charge in [-0.3, -0.25) is 9.59 Å². The molecule has 2 aliphatic heterocycles. The van der Waals surface area contributed by atoms with E-state index >= 15 is 0 Å². The number of amides is 2. The second kappa shape index (κ2) is 7.70. The number of hydrogen-bond acceptors (Lipinski definition) is 3. The summed E-state index contributed by atoms with van der Waals surface area (Å²) in [6, 6.07) is 11.8. The summed E-state index contributed by atoms with van der Waals surface area (Å²) >= 11 is 0. The molecule has 5 nitrogen and oxygen atoms in total. The number of likely N-dealkylation sites (tertiary alicyclic amines) is 2. The molecule has 0 aliphatic carbocycles. The van der Waals surface area contributed by atoms with E-state index in [1.54, 1.807) is 12.1 Å². The van der Waals surface area contributed by atoms with Crippen molar-refractivity contribution in [1.82, 2.24) is 14.8 Å². The number of aromatic nitrogens is 1. The molecule has 2 amide bonds. The Labute approximate surface area is 164 Å². The van der Waals surface area contributed by atoms with E-state index in [1.807, 2.05) is 34.9 Å². The number of aryl methyl sites for hydroxylation is 1. The molecule has 2 atom stereocenters. The van der Waals surface area contributed by atoms with Crippen LogP contribution in [0.3, 0.4) is 0 Å². The highest BCUT2D eigenvalue weighted by atomic mass is 19.1. The van der Waals surface area contributed by atoms with Gasteiger partial charge in [0.15, 0.2) is 0 Å². The third kappa shape index (κ3) is 3.77. The van der Waals surface area contributed by atoms with Crippen molar-refractivity contribution in [2.45, 2.75) is 38.8 Å². The highest BCUT2D eigenvalue weighted by Gasteiger charge is 2.42. The fourth-order valence-electron chi connectivity index (χ4n) is 4.36. The van der Waals surface area contributed by atoms with E-state index in [4.69, 9.17) is 0 Å². The van der Waals surface area contributed by atoms with Crippen LogP contribution >= 0.6 is 0 Å². The maximum Gasteiger partial charge on any atom is 0.272 e. The van der Waals surface area contributed by atoms with Crippen LogP contribution in [0.25, 0.3) is 0 Å². The smallest absolute Gasteiger partial charge is 0.272 e. The molecule has 0 spiro atoms. The van der Waals surface area contributed by atoms with E-state index in [-0.39, 0.29) is 29.6 Å². The molecule has 2 saturated heterocycles. The number of halogens is 1. The highest BCUT2D eigenvalue weighted by Crippen LogP contribution is 2.32. The molecule has 1 aromatic carbocycles. The van der Waals surface area contributed by atoms with Crippen molar-refractivity contribution < 1.29 is 14.0 Å². The molecule has 0 saturated carbocycles. The summed E-state index contributed by atoms with van der Waals surface area (Å²) < 4.78 is 13.6. The van der Waals surface area contributed by atoms with Crippen molar-refractivity contribution in [3.05, 3.63) is 65.2 Å². The van der Waals surface area contributed by atoms with Crippen molar-refractivity contribution in [2.24, 2.45) is 5.92 Å². The number of carbonyl (C=O) groups excluding carboxylic acids is 2. The second-order valence-corrected chi connectivity index (χ2v) is 7.75. The average Bonchev–Trinajstić information content (AvgIpc) is 3.03. The zero-order valence-electron chi connectivity index (χ0n) is 16.0. The predicted octanol–water partition coefficient (Wildman–Crippen LogP) is 3.18. The lowest BCUT2D eigenvalue weighted by molar-refractivity contribution is -0.133. The van der Waals surface area contributed by atoms with Crippen LogP contribution in [0, 0.1) is 18.7 Å². The van der Waals surface area contributed by atoms with Gasteiger partial charge >= 0.3 is 0 Å². The minimum absolute atomic E-state index is 0.0352. The van der Waals surface area contributed by atoms with Gasteiger partial charge in [-0.25, -0.2) is 9.37 Å². The van der Waals surface area contributed by atoms with Gasteiger partial charge in [-0.05, 0) is 55.5 Å². The van der Waals surface area contributed by atoms with Crippen LogP contribution in [0.4, 0.5) is 4.39 Å². The first kappa shape index (κ1) is 18.6. The maximum atomic E-state index is 13.6. The van der Waals surface area contributed by atoms with Crippen LogP contribution in [-0.4, -0.2) is 45.7 Å². The summed E-state index contributed by atoms with van der Waals surface area (Å²) in [5, 5.41) is 0. The van der Waals surface area contributed by atoms with Crippen LogP contribution < -0.4 is 0 Å². The van der Waals surface area contributed by atoms with Gasteiger partial charge in [0.05, 0.1) is 6.04 Å². The van der Waals surface area contributed by atoms with Crippen molar-refractivity contribution >= 4 is 11.8 Å². The van der Waals surface area contributed by atoms with E-state index < -0.39 is 0 Å². The Hall–Kier alpha value is -2.76. The molecule has 0 N–H and O–H groups in total. The number of carbonyl (C=O) groups is 2. The SMILES string of the molecule is Cc1cccc(C(=O)N2C[C@H]3CCCC(=O)N(Cc4cccc(F)c4)[C@H]3C2)n1. The van der Waals surface area contributed by atoms with Crippen molar-refractivity contribution in [3.8, 4) is 0 Å². The lowest BCUT2D eigenvalue weighted by Gasteiger charge is -2.30. The molecule has 146 valence electrons. The average molecular weight is 381 g/mol. The molecule has 0 bridgehead atoms. The molecule has 0 radical (unpaired) electrons. The molecule has 4 rings (SSSR count). The van der Waals surface area contributed by atoms with Gasteiger partial charge in [0, 0.05) is 31.7 Å². The van der Waals surface area contributed by atoms with Gasteiger partial charge in [0.2, 0.25) is 5.91 Å². The summed E-state index contributed by atoms with van der Waals surface area (Å²) in [6.07, 6.45) is 2.25. The Morgan fingerprint density at radius 1 is 1.21 bits per heavy atom. The van der Waals surface area contributed by atoms with Gasteiger partial charge in [-0.1, -0.05) is 18.2 Å². The van der Waals surface area contributed by atoms with Gasteiger partial charge in [-0.15, -0.1) is 0 Å². The Bertz CT molecular complexity index is 901. The summed E-state index contributed by atoms with van der Waals surface area (Å²) in [5.74, 6) is -0.0616. The first-order valence-corrected chi connectivity index (χ1v) is 9.78. The van der Waals surface area contributed by atoms with Crippen LogP contribution in [-0.2, 0) is 11.3 Å². The van der Waals surface area contributed by atoms with Gasteiger partial charge < -0.3 is 9.80 Å². The zero-order chi connectivity index (χ0) is 19.7. The molecular weight excluding hydrogens is 357 g/mol. The minimum atomic E-state index is -0.301. The van der Waals surface area contributed by atoms with Crippen LogP contribution in [0.2, 0.25) is 0 Å². The number of nitrogens with zero attached hydrogens (tertiary/aromatic N) is 3. The number of rotatable bonds is 3. The molecular formula is C22H24FN3O2. The van der Waals surface area contributed by atoms with E-state index in [2.05, 4.69) is 4.98 Å². The number of pyridine rings is 1. The quantitative estimate of drug-likeness (QED) is 0.821. The molecule has 2 aromatic rings. The lowest BCUT2D eigenvalue weighted by atomic mass is 9.98. The van der Waals surface area contributed by atoms with Crippen LogP contribution in [0.1, 0.15) is 41.0 Å². The molecule has 1 aromatic heterocycles. The summed E-state index contributed by atoms with van der Waals surface area (Å²) in [5.41, 5.74) is 2.03. The van der Waals surface area contributed by atoms with Gasteiger partial charge in [0.1, 0.15) is 11.5 Å². The van der Waals surface area contributed by atoms with E-state index in [0.717, 1.165) is 24.1 Å². The Morgan fingerprint density at radius 3 is 2.82 bits per heavy atom. The van der Waals surface area contributed by atoms with E-state index in [1.165, 1.54) is 12.1 Å². The Balaban J connectivity index is 1.55. The number of fused-ring (bicyclic) bond motifs is 1. The van der Waals surface area contributed by atoms with E-state index in [0.29, 0.717) is 31.7 Å². The summed E-state index contributed by atoms with van der Waals surface area (Å²) in [6.45, 7) is 3.37. The highest BCUT2D eigenvalue weighted by molar-refractivity contribution is 5.92. The van der Waals surface area contributed by atoms with Crippen molar-refractivity contribution in [2.75, 3.05) is 13.1 Å². The fraction of sp³-hybridized carbons (Fsp3) is 0.409. The third-order valence-electron chi connectivity index (χ3n) is 5.73. The Morgan fingerprint density at radius 2 is 2.04 bits per heavy atom. The minimum Gasteiger partial charge on any atom is -0.335 e. The topological polar surface area (TPSA) is 53.5 Å². The van der Waals surface area contributed by atoms with E-state index in [9.17, 15) is 14.0 Å². The molecule has 0 unspecified atom stereocenters. The maximum absolute atomic E-state index is 13.6. The molecule has 6 heteroatoms. The lowest BCUT2D eigenvalue weighted by Crippen LogP contribution is -2.43. The molecule has 28 heavy (non-hydrogen) atoms. The summed E-state index contributed by atoms with van der Waals surface area (Å²) in [4.78, 5) is 33.7. The largest absolute Gasteiger partial charge is 0.335 e. The standard InChI is InChI=1S/C22H24FN3O2/c1-15-5-2-9-19(24-15)22(28)25-13-17-7-4-10-21(27)26(20(17)14-25)12-16-6-3-8-18(23)11-16/h2-3,5-6,8-9,11,17,20H,4,7,10,12-14H2,1H3/t17-,20+/m1/s1. The fourth-order valence-corrected chi connectivity index (χ4v) is 4.36. The summed E-state index contributed by atoms with van der Waals surface area (Å²) in [7, 11) is 0. The second-order valence-electron chi connectivity index (χ2n) is 7.75. The predicted molar refractivity (Wildman–Crippen MR) is 103 cm³/mol. The zero-order valence-corrected chi connectivity index (χ0v) is 16.0. The Kier molecular flexibility index (Phi) is 5.11. The monoisotopic (exact) mass is 381 g/mol. The van der Waals surface area contributed by atoms with Crippen molar-refractivity contribution in [1.29, 1.82) is 0 Å². The molecule has 3 heterocycles. The first-order chi connectivity index (χ1) is 13.5. The van der Waals surface area contributed by atoms with Gasteiger partial charge in [-0.2, -0.15) is 0 Å². The normalized spacial score (nSPS) is 22.1. The molecule has 2 aliphatic rings. The van der Waals surface area contributed by atoms with Crippen LogP contribution in [0.15, 0.2) is 42.5 Å². The first-order valence-electron chi connectivity index (χ1n) is 9.78. The van der Waals surface area contributed by atoms with Gasteiger partial charge in [0.25, 0.3) is 5.91 Å². The number of hydrogen-bond donors (Lipinski definition) is 0. The van der Waals surface area contributed by atoms with Crippen molar-refractivity contribution in [3.63, 3.8) is 0 Å².